The van der Waals surface area contributed by atoms with Crippen LogP contribution in [0.5, 0.6) is 0 Å². The highest BCUT2D eigenvalue weighted by atomic mass is 16.5. The third-order valence-electron chi connectivity index (χ3n) is 3.60. The van der Waals surface area contributed by atoms with Crippen LogP contribution in [0.15, 0.2) is 52.7 Å². The van der Waals surface area contributed by atoms with Gasteiger partial charge in [0.25, 0.3) is 11.8 Å². The smallest absolute Gasteiger partial charge is 0.349 e. The largest absolute Gasteiger partial charge is 0.465 e. The van der Waals surface area contributed by atoms with E-state index in [9.17, 15) is 14.4 Å². The Labute approximate surface area is 142 Å². The molecule has 0 bridgehead atoms. The fourth-order valence-corrected chi connectivity index (χ4v) is 2.40. The molecule has 0 aliphatic carbocycles. The number of hydrogen-bond acceptors (Lipinski definition) is 6. The van der Waals surface area contributed by atoms with Crippen LogP contribution in [0.4, 0.5) is 0 Å². The number of nitriles is 1. The summed E-state index contributed by atoms with van der Waals surface area (Å²) in [4.78, 5) is 37.3. The minimum Gasteiger partial charge on any atom is -0.465 e. The molecule has 0 atom stereocenters. The number of amides is 2. The number of fused-ring (bicyclic) bond motifs is 1. The second-order valence-electron chi connectivity index (χ2n) is 5.13. The number of rotatable bonds is 5. The molecule has 124 valence electrons. The molecular formula is C18H12N2O5. The van der Waals surface area contributed by atoms with Gasteiger partial charge in [-0.25, -0.2) is 4.79 Å². The first-order chi connectivity index (χ1) is 12.1. The summed E-state index contributed by atoms with van der Waals surface area (Å²) >= 11 is 0. The van der Waals surface area contributed by atoms with Gasteiger partial charge in [-0.3, -0.25) is 14.5 Å². The standard InChI is InChI=1S/C18H12N2O5/c19-11-12(10-13-4-3-8-24-13)18(23)25-9-7-20-16(21)14-5-1-2-6-15(14)17(20)22/h1-6,8,10H,7,9H2/b12-10-. The zero-order valence-corrected chi connectivity index (χ0v) is 13.0. The SMILES string of the molecule is N#C/C(=C/c1ccco1)C(=O)OCCN1C(=O)c2ccccc2C1=O. The van der Waals surface area contributed by atoms with Crippen molar-refractivity contribution in [2.45, 2.75) is 0 Å². The minimum atomic E-state index is -0.851. The van der Waals surface area contributed by atoms with Gasteiger partial charge in [0.15, 0.2) is 0 Å². The van der Waals surface area contributed by atoms with Crippen LogP contribution in [0.1, 0.15) is 26.5 Å². The lowest BCUT2D eigenvalue weighted by Crippen LogP contribution is -2.33. The molecule has 0 fully saturated rings. The summed E-state index contributed by atoms with van der Waals surface area (Å²) < 4.78 is 10.0. The predicted molar refractivity (Wildman–Crippen MR) is 85.1 cm³/mol. The van der Waals surface area contributed by atoms with E-state index in [2.05, 4.69) is 0 Å². The molecule has 0 saturated heterocycles. The lowest BCUT2D eigenvalue weighted by Gasteiger charge is -2.13. The van der Waals surface area contributed by atoms with Gasteiger partial charge < -0.3 is 9.15 Å². The number of hydrogen-bond donors (Lipinski definition) is 0. The van der Waals surface area contributed by atoms with Crippen LogP contribution in [0.2, 0.25) is 0 Å². The molecule has 2 aromatic rings. The highest BCUT2D eigenvalue weighted by Crippen LogP contribution is 2.22. The Kier molecular flexibility index (Phi) is 4.44. The van der Waals surface area contributed by atoms with E-state index in [1.165, 1.54) is 12.3 Å². The van der Waals surface area contributed by atoms with Gasteiger partial charge in [0.2, 0.25) is 0 Å². The molecule has 0 radical (unpaired) electrons. The summed E-state index contributed by atoms with van der Waals surface area (Å²) in [5.41, 5.74) is 0.417. The topological polar surface area (TPSA) is 101 Å². The Hall–Kier alpha value is -3.66. The van der Waals surface area contributed by atoms with Crippen molar-refractivity contribution in [2.24, 2.45) is 0 Å². The van der Waals surface area contributed by atoms with E-state index in [-0.39, 0.29) is 18.7 Å². The Morgan fingerprint density at radius 2 is 1.84 bits per heavy atom. The molecule has 2 amide bonds. The van der Waals surface area contributed by atoms with Crippen LogP contribution >= 0.6 is 0 Å². The molecule has 1 aromatic carbocycles. The Bertz CT molecular complexity index is 871. The molecule has 1 aliphatic rings. The van der Waals surface area contributed by atoms with Crippen molar-refractivity contribution >= 4 is 23.9 Å². The van der Waals surface area contributed by atoms with Crippen LogP contribution in [0.3, 0.4) is 0 Å². The van der Waals surface area contributed by atoms with E-state index in [0.717, 1.165) is 4.90 Å². The van der Waals surface area contributed by atoms with Gasteiger partial charge in [-0.05, 0) is 24.3 Å². The van der Waals surface area contributed by atoms with E-state index >= 15 is 0 Å². The fourth-order valence-electron chi connectivity index (χ4n) is 2.40. The van der Waals surface area contributed by atoms with Crippen molar-refractivity contribution in [3.05, 3.63) is 65.1 Å². The number of nitrogens with zero attached hydrogens (tertiary/aromatic N) is 2. The van der Waals surface area contributed by atoms with Gasteiger partial charge in [0.05, 0.1) is 23.9 Å². The molecule has 3 rings (SSSR count). The Balaban J connectivity index is 1.60. The molecule has 25 heavy (non-hydrogen) atoms. The number of esters is 1. The van der Waals surface area contributed by atoms with Crippen LogP contribution < -0.4 is 0 Å². The van der Waals surface area contributed by atoms with Gasteiger partial charge in [0.1, 0.15) is 24.0 Å². The van der Waals surface area contributed by atoms with Crippen LogP contribution in [-0.4, -0.2) is 35.8 Å². The lowest BCUT2D eigenvalue weighted by molar-refractivity contribution is -0.138. The second-order valence-corrected chi connectivity index (χ2v) is 5.13. The molecule has 1 aliphatic heterocycles. The maximum atomic E-state index is 12.2. The molecule has 0 saturated carbocycles. The monoisotopic (exact) mass is 336 g/mol. The van der Waals surface area contributed by atoms with E-state index in [0.29, 0.717) is 16.9 Å². The fraction of sp³-hybridized carbons (Fsp3) is 0.111. The number of benzene rings is 1. The van der Waals surface area contributed by atoms with Crippen LogP contribution in [0, 0.1) is 11.3 Å². The maximum Gasteiger partial charge on any atom is 0.349 e. The number of imide groups is 1. The third kappa shape index (κ3) is 3.19. The molecule has 7 heteroatoms. The van der Waals surface area contributed by atoms with E-state index < -0.39 is 17.8 Å². The quantitative estimate of drug-likeness (QED) is 0.358. The van der Waals surface area contributed by atoms with Gasteiger partial charge >= 0.3 is 5.97 Å². The molecule has 1 aromatic heterocycles. The summed E-state index contributed by atoms with van der Waals surface area (Å²) in [7, 11) is 0. The number of furan rings is 1. The minimum absolute atomic E-state index is 0.0858. The van der Waals surface area contributed by atoms with E-state index in [1.54, 1.807) is 42.5 Å². The Morgan fingerprint density at radius 1 is 1.16 bits per heavy atom. The van der Waals surface area contributed by atoms with Crippen molar-refractivity contribution < 1.29 is 23.5 Å². The lowest BCUT2D eigenvalue weighted by atomic mass is 10.1. The summed E-state index contributed by atoms with van der Waals surface area (Å²) in [6.07, 6.45) is 2.67. The first-order valence-corrected chi connectivity index (χ1v) is 7.39. The predicted octanol–water partition coefficient (Wildman–Crippen LogP) is 2.03. The zero-order chi connectivity index (χ0) is 17.8. The summed E-state index contributed by atoms with van der Waals surface area (Å²) in [6.45, 7) is -0.293. The molecule has 0 N–H and O–H groups in total. The van der Waals surface area contributed by atoms with Crippen molar-refractivity contribution in [3.63, 3.8) is 0 Å². The van der Waals surface area contributed by atoms with E-state index in [1.807, 2.05) is 0 Å². The third-order valence-corrected chi connectivity index (χ3v) is 3.60. The second kappa shape index (κ2) is 6.84. The van der Waals surface area contributed by atoms with Crippen molar-refractivity contribution in [3.8, 4) is 6.07 Å². The normalized spacial score (nSPS) is 13.6. The van der Waals surface area contributed by atoms with Crippen LogP contribution in [0.25, 0.3) is 6.08 Å². The van der Waals surface area contributed by atoms with Gasteiger partial charge in [0, 0.05) is 6.08 Å². The highest BCUT2D eigenvalue weighted by Gasteiger charge is 2.34. The molecular weight excluding hydrogens is 324 g/mol. The van der Waals surface area contributed by atoms with E-state index in [4.69, 9.17) is 14.4 Å². The zero-order valence-electron chi connectivity index (χ0n) is 13.0. The van der Waals surface area contributed by atoms with Crippen molar-refractivity contribution in [1.82, 2.24) is 4.90 Å². The average Bonchev–Trinajstić information content (AvgIpc) is 3.22. The highest BCUT2D eigenvalue weighted by molar-refractivity contribution is 6.21. The number of ether oxygens (including phenoxy) is 1. The summed E-state index contributed by atoms with van der Waals surface area (Å²) in [6, 6.07) is 11.4. The van der Waals surface area contributed by atoms with Gasteiger partial charge in [-0.1, -0.05) is 12.1 Å². The molecule has 0 unspecified atom stereocenters. The summed E-state index contributed by atoms with van der Waals surface area (Å²) in [5.74, 6) is -1.36. The number of carbonyl (C=O) groups excluding carboxylic acids is 3. The molecule has 0 spiro atoms. The molecule has 2 heterocycles. The average molecular weight is 336 g/mol. The van der Waals surface area contributed by atoms with Gasteiger partial charge in [-0.2, -0.15) is 5.26 Å². The number of carbonyl (C=O) groups is 3. The first-order valence-electron chi connectivity index (χ1n) is 7.39. The van der Waals surface area contributed by atoms with Gasteiger partial charge in [-0.15, -0.1) is 0 Å². The Morgan fingerprint density at radius 3 is 2.40 bits per heavy atom. The van der Waals surface area contributed by atoms with Crippen molar-refractivity contribution in [1.29, 1.82) is 5.26 Å². The summed E-state index contributed by atoms with van der Waals surface area (Å²) in [5, 5.41) is 9.03. The van der Waals surface area contributed by atoms with Crippen LogP contribution in [-0.2, 0) is 9.53 Å². The molecule has 7 nitrogen and oxygen atoms in total. The van der Waals surface area contributed by atoms with Crippen molar-refractivity contribution in [2.75, 3.05) is 13.2 Å². The maximum absolute atomic E-state index is 12.2. The first kappa shape index (κ1) is 16.2.